The number of aromatic nitrogens is 3. The molecule has 0 bridgehead atoms. The van der Waals surface area contributed by atoms with Gasteiger partial charge in [-0.3, -0.25) is 4.90 Å². The molecular formula is C29H27ClN6O. The lowest BCUT2D eigenvalue weighted by molar-refractivity contribution is 0.256. The van der Waals surface area contributed by atoms with Crippen LogP contribution in [0.5, 0.6) is 0 Å². The van der Waals surface area contributed by atoms with E-state index in [-0.39, 0.29) is 0 Å². The lowest BCUT2D eigenvalue weighted by Gasteiger charge is -2.24. The third-order valence-electron chi connectivity index (χ3n) is 6.20. The molecule has 0 spiro atoms. The van der Waals surface area contributed by atoms with E-state index in [1.165, 1.54) is 4.90 Å². The van der Waals surface area contributed by atoms with Gasteiger partial charge in [-0.25, -0.2) is 14.8 Å². The minimum Gasteiger partial charge on any atom is -0.351 e. The smallest absolute Gasteiger partial charge is 0.323 e. The van der Waals surface area contributed by atoms with Crippen molar-refractivity contribution in [1.29, 1.82) is 0 Å². The number of carbonyl (C=O) groups excluding carboxylic acids is 1. The van der Waals surface area contributed by atoms with Gasteiger partial charge in [0.2, 0.25) is 0 Å². The summed E-state index contributed by atoms with van der Waals surface area (Å²) in [5.41, 5.74) is 11.7. The van der Waals surface area contributed by atoms with Crippen molar-refractivity contribution in [1.82, 2.24) is 14.4 Å². The number of primary amides is 1. The molecule has 37 heavy (non-hydrogen) atoms. The zero-order valence-corrected chi connectivity index (χ0v) is 21.4. The van der Waals surface area contributed by atoms with Crippen molar-refractivity contribution in [2.75, 3.05) is 16.3 Å². The number of benzene rings is 3. The fourth-order valence-electron chi connectivity index (χ4n) is 4.39. The van der Waals surface area contributed by atoms with Gasteiger partial charge < -0.3 is 15.0 Å². The first-order valence-electron chi connectivity index (χ1n) is 12.0. The highest BCUT2D eigenvalue weighted by molar-refractivity contribution is 6.30. The molecule has 2 amide bonds. The van der Waals surface area contributed by atoms with Crippen LogP contribution in [0.3, 0.4) is 0 Å². The number of nitrogens with zero attached hydrogens (tertiary/aromatic N) is 5. The van der Waals surface area contributed by atoms with Crippen LogP contribution >= 0.6 is 11.6 Å². The highest BCUT2D eigenvalue weighted by Gasteiger charge is 2.18. The van der Waals surface area contributed by atoms with E-state index in [4.69, 9.17) is 22.3 Å². The molecule has 0 saturated carbocycles. The third kappa shape index (κ3) is 5.13. The largest absolute Gasteiger partial charge is 0.351 e. The topological polar surface area (TPSA) is 79.8 Å². The molecule has 8 heteroatoms. The maximum atomic E-state index is 12.5. The monoisotopic (exact) mass is 510 g/mol. The number of nitrogens with two attached hydrogens (primary N) is 1. The van der Waals surface area contributed by atoms with Gasteiger partial charge in [0, 0.05) is 42.3 Å². The van der Waals surface area contributed by atoms with Crippen LogP contribution in [-0.2, 0) is 6.54 Å². The van der Waals surface area contributed by atoms with Gasteiger partial charge in [-0.1, -0.05) is 48.0 Å². The minimum absolute atomic E-state index is 0.554. The number of imidazole rings is 1. The highest BCUT2D eigenvalue weighted by atomic mass is 35.5. The second kappa shape index (κ2) is 10.3. The Hall–Kier alpha value is -4.36. The minimum atomic E-state index is -0.554. The first-order chi connectivity index (χ1) is 17.9. The standard InChI is InChI=1S/C29H27ClN6O/c1-3-34(18-21-10-12-23(30)13-11-21)28-27-32-14-15-35(27)19-26(33-28)22-7-5-9-25(17-22)36(29(31)37)24-8-4-6-20(2)16-24/h4-17,19H,3,18H2,1-2H3,(H2,31,37). The molecule has 186 valence electrons. The first kappa shape index (κ1) is 24.3. The van der Waals surface area contributed by atoms with Crippen LogP contribution in [0.1, 0.15) is 18.1 Å². The Balaban J connectivity index is 1.56. The van der Waals surface area contributed by atoms with Crippen molar-refractivity contribution in [3.05, 3.63) is 108 Å². The summed E-state index contributed by atoms with van der Waals surface area (Å²) in [4.78, 5) is 25.8. The van der Waals surface area contributed by atoms with Gasteiger partial charge in [-0.2, -0.15) is 0 Å². The van der Waals surface area contributed by atoms with E-state index in [0.717, 1.165) is 40.4 Å². The number of urea groups is 1. The third-order valence-corrected chi connectivity index (χ3v) is 6.46. The molecule has 3 aromatic carbocycles. The molecule has 0 atom stereocenters. The molecule has 0 fully saturated rings. The van der Waals surface area contributed by atoms with Crippen molar-refractivity contribution < 1.29 is 4.79 Å². The number of carbonyl (C=O) groups is 1. The number of hydrogen-bond acceptors (Lipinski definition) is 4. The fourth-order valence-corrected chi connectivity index (χ4v) is 4.51. The van der Waals surface area contributed by atoms with Gasteiger partial charge >= 0.3 is 6.03 Å². The SMILES string of the molecule is CCN(Cc1ccc(Cl)cc1)c1nc(-c2cccc(N(C(N)=O)c3cccc(C)c3)c2)cn2ccnc12. The normalized spacial score (nSPS) is 11.0. The molecule has 5 aromatic rings. The molecule has 2 aromatic heterocycles. The van der Waals surface area contributed by atoms with Gasteiger partial charge in [-0.05, 0) is 61.4 Å². The summed E-state index contributed by atoms with van der Waals surface area (Å²) in [6.45, 7) is 5.48. The molecular weight excluding hydrogens is 484 g/mol. The Kier molecular flexibility index (Phi) is 6.79. The molecule has 0 radical (unpaired) electrons. The molecule has 0 aliphatic rings. The molecule has 0 unspecified atom stereocenters. The molecule has 0 saturated heterocycles. The van der Waals surface area contributed by atoms with E-state index in [1.54, 1.807) is 6.20 Å². The molecule has 7 nitrogen and oxygen atoms in total. The maximum absolute atomic E-state index is 12.5. The lowest BCUT2D eigenvalue weighted by Crippen LogP contribution is -2.31. The number of fused-ring (bicyclic) bond motifs is 1. The summed E-state index contributed by atoms with van der Waals surface area (Å²) < 4.78 is 1.97. The predicted octanol–water partition coefficient (Wildman–Crippen LogP) is 6.60. The average molecular weight is 511 g/mol. The van der Waals surface area contributed by atoms with E-state index in [1.807, 2.05) is 96.5 Å². The fraction of sp³-hybridized carbons (Fsp3) is 0.138. The zero-order chi connectivity index (χ0) is 25.9. The van der Waals surface area contributed by atoms with Gasteiger partial charge in [-0.15, -0.1) is 0 Å². The maximum Gasteiger partial charge on any atom is 0.323 e. The number of aryl methyl sites for hydroxylation is 1. The Morgan fingerprint density at radius 3 is 2.46 bits per heavy atom. The van der Waals surface area contributed by atoms with Crippen LogP contribution in [0.25, 0.3) is 16.9 Å². The number of amides is 2. The van der Waals surface area contributed by atoms with Crippen LogP contribution in [0.4, 0.5) is 22.0 Å². The first-order valence-corrected chi connectivity index (χ1v) is 12.4. The second-order valence-corrected chi connectivity index (χ2v) is 9.25. The van der Waals surface area contributed by atoms with Crippen molar-refractivity contribution >= 4 is 40.5 Å². The molecule has 2 N–H and O–H groups in total. The van der Waals surface area contributed by atoms with Crippen LogP contribution in [0, 0.1) is 6.92 Å². The molecule has 5 rings (SSSR count). The number of halogens is 1. The van der Waals surface area contributed by atoms with Crippen molar-refractivity contribution in [2.24, 2.45) is 5.73 Å². The molecule has 0 aliphatic heterocycles. The van der Waals surface area contributed by atoms with E-state index < -0.39 is 6.03 Å². The van der Waals surface area contributed by atoms with Gasteiger partial charge in [0.15, 0.2) is 11.5 Å². The highest BCUT2D eigenvalue weighted by Crippen LogP contribution is 2.31. The van der Waals surface area contributed by atoms with Crippen LogP contribution in [0.2, 0.25) is 5.02 Å². The van der Waals surface area contributed by atoms with Crippen LogP contribution in [-0.4, -0.2) is 26.9 Å². The second-order valence-electron chi connectivity index (χ2n) is 8.81. The average Bonchev–Trinajstić information content (AvgIpc) is 3.37. The molecule has 2 heterocycles. The summed E-state index contributed by atoms with van der Waals surface area (Å²) in [6, 6.07) is 22.6. The number of hydrogen-bond donors (Lipinski definition) is 1. The number of rotatable bonds is 7. The predicted molar refractivity (Wildman–Crippen MR) is 150 cm³/mol. The Bertz CT molecular complexity index is 1560. The summed E-state index contributed by atoms with van der Waals surface area (Å²) in [5, 5.41) is 0.707. The Morgan fingerprint density at radius 1 is 1.03 bits per heavy atom. The van der Waals surface area contributed by atoms with Crippen molar-refractivity contribution in [2.45, 2.75) is 20.4 Å². The van der Waals surface area contributed by atoms with Gasteiger partial charge in [0.1, 0.15) is 0 Å². The van der Waals surface area contributed by atoms with Crippen LogP contribution < -0.4 is 15.5 Å². The van der Waals surface area contributed by atoms with Crippen LogP contribution in [0.15, 0.2) is 91.4 Å². The van der Waals surface area contributed by atoms with Crippen molar-refractivity contribution in [3.63, 3.8) is 0 Å². The van der Waals surface area contributed by atoms with E-state index in [2.05, 4.69) is 16.8 Å². The van der Waals surface area contributed by atoms with E-state index >= 15 is 0 Å². The van der Waals surface area contributed by atoms with Gasteiger partial charge in [0.25, 0.3) is 0 Å². The lowest BCUT2D eigenvalue weighted by atomic mass is 10.1. The van der Waals surface area contributed by atoms with E-state index in [9.17, 15) is 4.79 Å². The quantitative estimate of drug-likeness (QED) is 0.267. The van der Waals surface area contributed by atoms with Crippen molar-refractivity contribution in [3.8, 4) is 11.3 Å². The summed E-state index contributed by atoms with van der Waals surface area (Å²) in [7, 11) is 0. The summed E-state index contributed by atoms with van der Waals surface area (Å²) >= 11 is 6.08. The van der Waals surface area contributed by atoms with E-state index in [0.29, 0.717) is 22.9 Å². The zero-order valence-electron chi connectivity index (χ0n) is 20.7. The summed E-state index contributed by atoms with van der Waals surface area (Å²) in [6.07, 6.45) is 5.62. The summed E-state index contributed by atoms with van der Waals surface area (Å²) in [5.74, 6) is 0.774. The number of anilines is 3. The molecule has 0 aliphatic carbocycles. The Morgan fingerprint density at radius 2 is 1.76 bits per heavy atom. The Labute approximate surface area is 220 Å². The van der Waals surface area contributed by atoms with Gasteiger partial charge in [0.05, 0.1) is 17.1 Å².